The lowest BCUT2D eigenvalue weighted by Gasteiger charge is -2.13. The van der Waals surface area contributed by atoms with Crippen molar-refractivity contribution in [3.8, 4) is 5.75 Å². The standard InChI is InChI=1S/C24H15BrF3NO4/c25-18-7-3-1-5-14(18)13-32-20-8-4-2-6-16(20)23(31)29-15-9-10-21-17(11-15)19(30)12-22(33-21)24(26,27)28/h1-12H,13H2,(H,29,31). The fourth-order valence-corrected chi connectivity index (χ4v) is 3.52. The summed E-state index contributed by atoms with van der Waals surface area (Å²) in [4.78, 5) is 25.0. The van der Waals surface area contributed by atoms with Crippen LogP contribution < -0.4 is 15.5 Å². The Morgan fingerprint density at radius 3 is 2.48 bits per heavy atom. The molecule has 1 N–H and O–H groups in total. The van der Waals surface area contributed by atoms with Crippen molar-refractivity contribution in [1.82, 2.24) is 0 Å². The highest BCUT2D eigenvalue weighted by Crippen LogP contribution is 2.31. The van der Waals surface area contributed by atoms with Crippen molar-refractivity contribution in [2.75, 3.05) is 5.32 Å². The molecule has 5 nitrogen and oxygen atoms in total. The Labute approximate surface area is 193 Å². The van der Waals surface area contributed by atoms with Gasteiger partial charge in [0.15, 0.2) is 5.43 Å². The quantitative estimate of drug-likeness (QED) is 0.332. The van der Waals surface area contributed by atoms with Gasteiger partial charge in [-0.15, -0.1) is 0 Å². The molecular formula is C24H15BrF3NO4. The lowest BCUT2D eigenvalue weighted by Crippen LogP contribution is -2.14. The summed E-state index contributed by atoms with van der Waals surface area (Å²) >= 11 is 3.45. The molecule has 9 heteroatoms. The normalized spacial score (nSPS) is 11.4. The van der Waals surface area contributed by atoms with Crippen LogP contribution in [-0.2, 0) is 12.8 Å². The van der Waals surface area contributed by atoms with E-state index in [-0.39, 0.29) is 28.8 Å². The topological polar surface area (TPSA) is 68.5 Å². The van der Waals surface area contributed by atoms with Gasteiger partial charge in [0.2, 0.25) is 5.76 Å². The minimum absolute atomic E-state index is 0.0840. The highest BCUT2D eigenvalue weighted by molar-refractivity contribution is 9.10. The molecule has 1 amide bonds. The van der Waals surface area contributed by atoms with E-state index in [0.717, 1.165) is 10.0 Å². The number of carbonyl (C=O) groups is 1. The monoisotopic (exact) mass is 517 g/mol. The maximum absolute atomic E-state index is 12.9. The number of nitrogens with one attached hydrogen (secondary N) is 1. The molecule has 0 unspecified atom stereocenters. The molecule has 0 saturated heterocycles. The Morgan fingerprint density at radius 2 is 1.73 bits per heavy atom. The molecule has 0 aliphatic heterocycles. The number of carbonyl (C=O) groups excluding carboxylic acids is 1. The minimum atomic E-state index is -4.78. The van der Waals surface area contributed by atoms with E-state index < -0.39 is 23.3 Å². The van der Waals surface area contributed by atoms with Crippen molar-refractivity contribution in [1.29, 1.82) is 0 Å². The predicted octanol–water partition coefficient (Wildman–Crippen LogP) is 6.41. The van der Waals surface area contributed by atoms with E-state index in [1.54, 1.807) is 24.3 Å². The number of ether oxygens (including phenoxy) is 1. The number of hydrogen-bond acceptors (Lipinski definition) is 4. The molecule has 33 heavy (non-hydrogen) atoms. The zero-order chi connectivity index (χ0) is 23.6. The van der Waals surface area contributed by atoms with E-state index in [9.17, 15) is 22.8 Å². The van der Waals surface area contributed by atoms with Gasteiger partial charge in [-0.2, -0.15) is 13.2 Å². The Balaban J connectivity index is 1.57. The molecule has 1 aromatic heterocycles. The van der Waals surface area contributed by atoms with Gasteiger partial charge in [-0.3, -0.25) is 9.59 Å². The van der Waals surface area contributed by atoms with Crippen molar-refractivity contribution in [3.05, 3.63) is 104 Å². The van der Waals surface area contributed by atoms with Crippen molar-refractivity contribution in [3.63, 3.8) is 0 Å². The second-order valence-electron chi connectivity index (χ2n) is 7.01. The van der Waals surface area contributed by atoms with Gasteiger partial charge in [0.05, 0.1) is 10.9 Å². The Hall–Kier alpha value is -3.59. The van der Waals surface area contributed by atoms with E-state index >= 15 is 0 Å². The maximum atomic E-state index is 12.9. The second kappa shape index (κ2) is 9.11. The third-order valence-corrected chi connectivity index (χ3v) is 5.51. The van der Waals surface area contributed by atoms with Gasteiger partial charge in [-0.25, -0.2) is 0 Å². The first-order valence-corrected chi connectivity index (χ1v) is 10.4. The largest absolute Gasteiger partial charge is 0.488 e. The van der Waals surface area contributed by atoms with Crippen LogP contribution in [0.5, 0.6) is 5.75 Å². The number of amides is 1. The number of fused-ring (bicyclic) bond motifs is 1. The summed E-state index contributed by atoms with van der Waals surface area (Å²) < 4.78 is 50.1. The molecule has 0 spiro atoms. The Bertz CT molecular complexity index is 1400. The molecule has 168 valence electrons. The van der Waals surface area contributed by atoms with Crippen LogP contribution in [0.1, 0.15) is 21.7 Å². The fourth-order valence-electron chi connectivity index (χ4n) is 3.12. The van der Waals surface area contributed by atoms with Crippen molar-refractivity contribution >= 4 is 38.5 Å². The van der Waals surface area contributed by atoms with E-state index in [1.807, 2.05) is 24.3 Å². The molecule has 0 atom stereocenters. The summed E-state index contributed by atoms with van der Waals surface area (Å²) in [5.41, 5.74) is 0.276. The summed E-state index contributed by atoms with van der Waals surface area (Å²) in [5.74, 6) is -1.54. The summed E-state index contributed by atoms with van der Waals surface area (Å²) in [7, 11) is 0. The fraction of sp³-hybridized carbons (Fsp3) is 0.0833. The number of hydrogen-bond donors (Lipinski definition) is 1. The smallest absolute Gasteiger partial charge is 0.449 e. The van der Waals surface area contributed by atoms with Crippen molar-refractivity contribution in [2.24, 2.45) is 0 Å². The van der Waals surface area contributed by atoms with Gasteiger partial charge >= 0.3 is 6.18 Å². The second-order valence-corrected chi connectivity index (χ2v) is 7.87. The third-order valence-electron chi connectivity index (χ3n) is 4.74. The van der Waals surface area contributed by atoms with Gasteiger partial charge in [-0.05, 0) is 36.4 Å². The third kappa shape index (κ3) is 5.09. The Kier molecular flexibility index (Phi) is 6.24. The van der Waals surface area contributed by atoms with Crippen LogP contribution >= 0.6 is 15.9 Å². The van der Waals surface area contributed by atoms with Crippen LogP contribution in [0.2, 0.25) is 0 Å². The molecule has 0 saturated carbocycles. The minimum Gasteiger partial charge on any atom is -0.488 e. The van der Waals surface area contributed by atoms with Crippen LogP contribution in [0.3, 0.4) is 0 Å². The summed E-state index contributed by atoms with van der Waals surface area (Å²) in [6.07, 6.45) is -4.78. The number of alkyl halides is 3. The number of para-hydroxylation sites is 1. The van der Waals surface area contributed by atoms with E-state index in [2.05, 4.69) is 21.2 Å². The average Bonchev–Trinajstić information content (AvgIpc) is 2.78. The zero-order valence-corrected chi connectivity index (χ0v) is 18.4. The number of halogens is 4. The van der Waals surface area contributed by atoms with Crippen molar-refractivity contribution < 1.29 is 27.1 Å². The number of rotatable bonds is 5. The van der Waals surface area contributed by atoms with Gasteiger partial charge in [0, 0.05) is 21.8 Å². The molecule has 0 radical (unpaired) electrons. The maximum Gasteiger partial charge on any atom is 0.449 e. The molecule has 0 aliphatic rings. The average molecular weight is 518 g/mol. The molecule has 3 aromatic carbocycles. The summed E-state index contributed by atoms with van der Waals surface area (Å²) in [6.45, 7) is 0.226. The molecule has 4 rings (SSSR count). The highest BCUT2D eigenvalue weighted by atomic mass is 79.9. The first-order chi connectivity index (χ1) is 15.7. The van der Waals surface area contributed by atoms with E-state index in [1.165, 1.54) is 18.2 Å². The highest BCUT2D eigenvalue weighted by Gasteiger charge is 2.35. The molecule has 0 bridgehead atoms. The molecule has 4 aromatic rings. The van der Waals surface area contributed by atoms with Gasteiger partial charge in [0.1, 0.15) is 17.9 Å². The van der Waals surface area contributed by atoms with Gasteiger partial charge < -0.3 is 14.5 Å². The molecule has 0 aliphatic carbocycles. The zero-order valence-electron chi connectivity index (χ0n) is 16.8. The van der Waals surface area contributed by atoms with Crippen LogP contribution in [0.15, 0.2) is 86.5 Å². The molecular weight excluding hydrogens is 503 g/mol. The number of anilines is 1. The van der Waals surface area contributed by atoms with Crippen LogP contribution in [-0.4, -0.2) is 5.91 Å². The van der Waals surface area contributed by atoms with E-state index in [0.29, 0.717) is 11.8 Å². The number of benzene rings is 3. The summed E-state index contributed by atoms with van der Waals surface area (Å²) in [5, 5.41) is 2.56. The SMILES string of the molecule is O=C(Nc1ccc2oc(C(F)(F)F)cc(=O)c2c1)c1ccccc1OCc1ccccc1Br. The lowest BCUT2D eigenvalue weighted by molar-refractivity contribution is -0.152. The lowest BCUT2D eigenvalue weighted by atomic mass is 10.1. The molecule has 1 heterocycles. The van der Waals surface area contributed by atoms with E-state index in [4.69, 9.17) is 9.15 Å². The van der Waals surface area contributed by atoms with Crippen LogP contribution in [0.25, 0.3) is 11.0 Å². The van der Waals surface area contributed by atoms with Crippen LogP contribution in [0, 0.1) is 0 Å². The first kappa shape index (κ1) is 22.6. The van der Waals surface area contributed by atoms with Crippen LogP contribution in [0.4, 0.5) is 18.9 Å². The van der Waals surface area contributed by atoms with Crippen molar-refractivity contribution in [2.45, 2.75) is 12.8 Å². The summed E-state index contributed by atoms with van der Waals surface area (Å²) in [6, 6.07) is 18.4. The Morgan fingerprint density at radius 1 is 1.00 bits per heavy atom. The van der Waals surface area contributed by atoms with Gasteiger partial charge in [0.25, 0.3) is 5.91 Å². The first-order valence-electron chi connectivity index (χ1n) is 9.64. The molecule has 0 fully saturated rings. The predicted molar refractivity (Wildman–Crippen MR) is 120 cm³/mol. The van der Waals surface area contributed by atoms with Gasteiger partial charge in [-0.1, -0.05) is 46.3 Å².